The molecule has 41 heavy (non-hydrogen) atoms. The van der Waals surface area contributed by atoms with Crippen molar-refractivity contribution in [2.45, 2.75) is 89.4 Å². The maximum Gasteiger partial charge on any atom is 0.243 e. The topological polar surface area (TPSA) is 191 Å². The summed E-state index contributed by atoms with van der Waals surface area (Å²) in [4.78, 5) is 64.5. The predicted molar refractivity (Wildman–Crippen MR) is 153 cm³/mol. The highest BCUT2D eigenvalue weighted by Gasteiger charge is 2.44. The first-order chi connectivity index (χ1) is 19.4. The van der Waals surface area contributed by atoms with Crippen LogP contribution >= 0.6 is 11.6 Å². The van der Waals surface area contributed by atoms with Gasteiger partial charge in [0.2, 0.25) is 29.5 Å². The lowest BCUT2D eigenvalue weighted by molar-refractivity contribution is -0.144. The molecule has 2 fully saturated rings. The fraction of sp³-hybridized carbons (Fsp3) is 0.607. The van der Waals surface area contributed by atoms with E-state index in [4.69, 9.17) is 33.5 Å². The lowest BCUT2D eigenvalue weighted by atomic mass is 10.0. The molecule has 0 saturated carbocycles. The second-order valence-electron chi connectivity index (χ2n) is 10.9. The Morgan fingerprint density at radius 2 is 1.83 bits per heavy atom. The van der Waals surface area contributed by atoms with Crippen molar-refractivity contribution in [1.29, 1.82) is 0 Å². The van der Waals surface area contributed by atoms with Gasteiger partial charge in [0.1, 0.15) is 24.4 Å². The van der Waals surface area contributed by atoms with Crippen molar-refractivity contribution in [3.05, 3.63) is 28.3 Å². The molecule has 1 aromatic rings. The second-order valence-corrected chi connectivity index (χ2v) is 11.3. The Morgan fingerprint density at radius 1 is 1.12 bits per heavy atom. The first kappa shape index (κ1) is 32.1. The van der Waals surface area contributed by atoms with Crippen molar-refractivity contribution in [3.63, 3.8) is 0 Å². The monoisotopic (exact) mass is 592 g/mol. The van der Waals surface area contributed by atoms with Gasteiger partial charge in [0.15, 0.2) is 0 Å². The van der Waals surface area contributed by atoms with Crippen LogP contribution in [0.4, 0.5) is 0 Å². The number of amides is 5. The van der Waals surface area contributed by atoms with Crippen LogP contribution in [0.1, 0.15) is 63.0 Å². The number of hydrogen-bond donors (Lipinski definition) is 4. The quantitative estimate of drug-likeness (QED) is 0.272. The van der Waals surface area contributed by atoms with E-state index in [9.17, 15) is 24.0 Å². The maximum absolute atomic E-state index is 13.5. The minimum absolute atomic E-state index is 0.0140. The highest BCUT2D eigenvalue weighted by Crippen LogP contribution is 2.32. The Bertz CT molecular complexity index is 1160. The average Bonchev–Trinajstić information content (AvgIpc) is 3.31. The SMILES string of the molecule is CC(=O)N1CC[C@H]2CC[C@@H](C(=O)N[C@@H](CCC(N)=O)COc3cc(C)cc(CCCC(N)=O)c3Cl)N2C(=O)[C@@H](N)C1. The van der Waals surface area contributed by atoms with Crippen molar-refractivity contribution >= 4 is 41.1 Å². The van der Waals surface area contributed by atoms with Gasteiger partial charge in [-0.25, -0.2) is 0 Å². The van der Waals surface area contributed by atoms with Crippen molar-refractivity contribution in [2.24, 2.45) is 17.2 Å². The van der Waals surface area contributed by atoms with E-state index in [0.717, 1.165) is 11.1 Å². The number of carbonyl (C=O) groups excluding carboxylic acids is 5. The molecule has 7 N–H and O–H groups in total. The minimum atomic E-state index is -0.926. The van der Waals surface area contributed by atoms with Gasteiger partial charge in [0.25, 0.3) is 0 Å². The number of hydrogen-bond acceptors (Lipinski definition) is 7. The van der Waals surface area contributed by atoms with Gasteiger partial charge in [-0.3, -0.25) is 24.0 Å². The number of nitrogens with two attached hydrogens (primary N) is 3. The molecule has 0 unspecified atom stereocenters. The average molecular weight is 593 g/mol. The number of aryl methyl sites for hydroxylation is 2. The number of benzene rings is 1. The maximum atomic E-state index is 13.5. The molecule has 0 spiro atoms. The van der Waals surface area contributed by atoms with Gasteiger partial charge < -0.3 is 37.1 Å². The molecule has 2 saturated heterocycles. The molecule has 13 heteroatoms. The minimum Gasteiger partial charge on any atom is -0.490 e. The number of halogens is 1. The molecular formula is C28H41ClN6O6. The molecule has 2 aliphatic rings. The Morgan fingerprint density at radius 3 is 2.49 bits per heavy atom. The summed E-state index contributed by atoms with van der Waals surface area (Å²) in [5.41, 5.74) is 18.5. The van der Waals surface area contributed by atoms with Crippen LogP contribution in [0, 0.1) is 6.92 Å². The molecule has 2 aliphatic heterocycles. The van der Waals surface area contributed by atoms with E-state index in [1.54, 1.807) is 15.9 Å². The number of nitrogens with one attached hydrogen (secondary N) is 1. The highest BCUT2D eigenvalue weighted by molar-refractivity contribution is 6.32. The summed E-state index contributed by atoms with van der Waals surface area (Å²) < 4.78 is 6.03. The van der Waals surface area contributed by atoms with E-state index < -0.39 is 24.0 Å². The van der Waals surface area contributed by atoms with Gasteiger partial charge in [-0.15, -0.1) is 0 Å². The normalized spacial score (nSPS) is 21.5. The van der Waals surface area contributed by atoms with Crippen LogP contribution in [0.3, 0.4) is 0 Å². The van der Waals surface area contributed by atoms with E-state index in [1.165, 1.54) is 6.92 Å². The zero-order valence-electron chi connectivity index (χ0n) is 23.7. The molecule has 1 aromatic carbocycles. The third-order valence-corrected chi connectivity index (χ3v) is 8.05. The summed E-state index contributed by atoms with van der Waals surface area (Å²) in [6.45, 7) is 3.92. The van der Waals surface area contributed by atoms with Crippen LogP contribution < -0.4 is 27.3 Å². The number of ether oxygens (including phenoxy) is 1. The summed E-state index contributed by atoms with van der Waals surface area (Å²) in [6.07, 6.45) is 3.21. The number of nitrogens with zero attached hydrogens (tertiary/aromatic N) is 2. The Hall–Kier alpha value is -3.38. The van der Waals surface area contributed by atoms with Gasteiger partial charge in [0.05, 0.1) is 11.1 Å². The smallest absolute Gasteiger partial charge is 0.243 e. The van der Waals surface area contributed by atoms with E-state index in [2.05, 4.69) is 5.32 Å². The molecular weight excluding hydrogens is 552 g/mol. The van der Waals surface area contributed by atoms with Crippen molar-refractivity contribution in [2.75, 3.05) is 19.7 Å². The number of rotatable bonds is 12. The standard InChI is InChI=1S/C28H41ClN6O6/c1-16-12-18(4-3-5-24(31)37)26(29)23(13-16)41-15-19(6-9-25(32)38)33-27(39)22-8-7-20-10-11-34(17(2)36)14-21(30)28(40)35(20)22/h12-13,19-22H,3-11,14-15,30H2,1-2H3,(H2,31,37)(H2,32,38)(H,33,39)/t19-,20+,21-,22-/m0/s1. The highest BCUT2D eigenvalue weighted by atomic mass is 35.5. The summed E-state index contributed by atoms with van der Waals surface area (Å²) in [5, 5.41) is 3.35. The largest absolute Gasteiger partial charge is 0.490 e. The number of carbonyl (C=O) groups is 5. The fourth-order valence-corrected chi connectivity index (χ4v) is 5.75. The molecule has 226 valence electrons. The van der Waals surface area contributed by atoms with E-state index in [-0.39, 0.29) is 62.1 Å². The van der Waals surface area contributed by atoms with Gasteiger partial charge in [-0.05, 0) is 62.6 Å². The van der Waals surface area contributed by atoms with Crippen LogP contribution in [-0.2, 0) is 30.4 Å². The first-order valence-corrected chi connectivity index (χ1v) is 14.4. The van der Waals surface area contributed by atoms with Gasteiger partial charge >= 0.3 is 0 Å². The zero-order valence-corrected chi connectivity index (χ0v) is 24.5. The lowest BCUT2D eigenvalue weighted by Gasteiger charge is -2.37. The summed E-state index contributed by atoms with van der Waals surface area (Å²) in [6, 6.07) is 1.25. The second kappa shape index (κ2) is 14.5. The molecule has 2 heterocycles. The van der Waals surface area contributed by atoms with Crippen LogP contribution in [0.15, 0.2) is 12.1 Å². The van der Waals surface area contributed by atoms with E-state index in [0.29, 0.717) is 49.4 Å². The Labute approximate surface area is 245 Å². The Balaban J connectivity index is 1.71. The molecule has 5 amide bonds. The molecule has 0 radical (unpaired) electrons. The van der Waals surface area contributed by atoms with Crippen molar-refractivity contribution in [3.8, 4) is 5.75 Å². The predicted octanol–water partition coefficient (Wildman–Crippen LogP) is 0.525. The summed E-state index contributed by atoms with van der Waals surface area (Å²) in [5.74, 6) is -1.35. The number of primary amides is 2. The third-order valence-electron chi connectivity index (χ3n) is 7.63. The molecule has 0 aliphatic carbocycles. The first-order valence-electron chi connectivity index (χ1n) is 14.0. The van der Waals surface area contributed by atoms with E-state index >= 15 is 0 Å². The molecule has 3 rings (SSSR count). The van der Waals surface area contributed by atoms with Crippen molar-refractivity contribution in [1.82, 2.24) is 15.1 Å². The zero-order chi connectivity index (χ0) is 30.3. The van der Waals surface area contributed by atoms with Crippen LogP contribution in [-0.4, -0.2) is 83.2 Å². The van der Waals surface area contributed by atoms with Crippen LogP contribution in [0.25, 0.3) is 0 Å². The molecule has 4 atom stereocenters. The molecule has 12 nitrogen and oxygen atoms in total. The lowest BCUT2D eigenvalue weighted by Crippen LogP contribution is -2.59. The van der Waals surface area contributed by atoms with Gasteiger partial charge in [-0.2, -0.15) is 0 Å². The van der Waals surface area contributed by atoms with Crippen LogP contribution in [0.5, 0.6) is 5.75 Å². The summed E-state index contributed by atoms with van der Waals surface area (Å²) in [7, 11) is 0. The van der Waals surface area contributed by atoms with Crippen LogP contribution in [0.2, 0.25) is 5.02 Å². The molecule has 0 bridgehead atoms. The summed E-state index contributed by atoms with van der Waals surface area (Å²) >= 11 is 6.60. The fourth-order valence-electron chi connectivity index (χ4n) is 5.50. The Kier molecular flexibility index (Phi) is 11.4. The number of fused-ring (bicyclic) bond motifs is 1. The molecule has 0 aromatic heterocycles. The van der Waals surface area contributed by atoms with E-state index in [1.807, 2.05) is 13.0 Å². The third kappa shape index (κ3) is 8.80. The van der Waals surface area contributed by atoms with Gasteiger partial charge in [-0.1, -0.05) is 17.7 Å². The van der Waals surface area contributed by atoms with Gasteiger partial charge in [0, 0.05) is 38.9 Å². The van der Waals surface area contributed by atoms with Crippen molar-refractivity contribution < 1.29 is 28.7 Å².